The summed E-state index contributed by atoms with van der Waals surface area (Å²) in [5.74, 6) is 0.642. The van der Waals surface area contributed by atoms with Gasteiger partial charge in [-0.05, 0) is 0 Å². The van der Waals surface area contributed by atoms with Gasteiger partial charge in [0, 0.05) is 0 Å². The predicted molar refractivity (Wildman–Crippen MR) is 47.5 cm³/mol. The summed E-state index contributed by atoms with van der Waals surface area (Å²) in [7, 11) is 0. The van der Waals surface area contributed by atoms with E-state index in [2.05, 4.69) is 37.9 Å². The van der Waals surface area contributed by atoms with E-state index in [9.17, 15) is 0 Å². The number of hydrogen-bond acceptors (Lipinski definition) is 3. The van der Waals surface area contributed by atoms with Crippen LogP contribution in [-0.4, -0.2) is 32.5 Å². The summed E-state index contributed by atoms with van der Waals surface area (Å²) < 4.78 is 0.902. The van der Waals surface area contributed by atoms with Crippen molar-refractivity contribution >= 4 is 26.6 Å². The average molecular weight is 214 g/mol. The molecule has 0 fully saturated rings. The summed E-state index contributed by atoms with van der Waals surface area (Å²) in [4.78, 5) is 8.11. The molecule has 1 rings (SSSR count). The van der Waals surface area contributed by atoms with Gasteiger partial charge in [0.15, 0.2) is 0 Å². The average Bonchev–Trinajstić information content (AvgIpc) is 2.01. The molecule has 0 saturated carbocycles. The van der Waals surface area contributed by atoms with Crippen LogP contribution in [0.2, 0.25) is 0 Å². The summed E-state index contributed by atoms with van der Waals surface area (Å²) in [6.07, 6.45) is 3.48. The Morgan fingerprint density at radius 3 is 3.18 bits per heavy atom. The third-order valence-electron chi connectivity index (χ3n) is 1.05. The number of rotatable bonds is 3. The Kier molecular flexibility index (Phi) is 3.08. The number of aromatic nitrogens is 2. The maximum atomic E-state index is 4.11. The van der Waals surface area contributed by atoms with Gasteiger partial charge in [0.1, 0.15) is 0 Å². The van der Waals surface area contributed by atoms with E-state index in [1.54, 1.807) is 12.3 Å². The molecule has 1 aromatic rings. The molecule has 1 heterocycles. The van der Waals surface area contributed by atoms with E-state index in [1.165, 1.54) is 0 Å². The predicted octanol–water partition coefficient (Wildman–Crippen LogP) is -0.399. The van der Waals surface area contributed by atoms with Crippen LogP contribution in [0.5, 0.6) is 0 Å². The number of nitrogens with one attached hydrogen (secondary N) is 1. The summed E-state index contributed by atoms with van der Waals surface area (Å²) in [6.45, 7) is 4.27. The Morgan fingerprint density at radius 2 is 2.55 bits per heavy atom. The molecule has 0 radical (unpaired) electrons. The van der Waals surface area contributed by atoms with E-state index in [1.807, 2.05) is 6.07 Å². The Hall–Kier alpha value is -0.861. The quantitative estimate of drug-likeness (QED) is 0.549. The van der Waals surface area contributed by atoms with Gasteiger partial charge in [0.25, 0.3) is 0 Å². The zero-order chi connectivity index (χ0) is 8.10. The molecule has 0 unspecified atom stereocenters. The van der Waals surface area contributed by atoms with E-state index >= 15 is 0 Å². The monoisotopic (exact) mass is 215 g/mol. The second-order valence-electron chi connectivity index (χ2n) is 1.91. The fourth-order valence-electron chi connectivity index (χ4n) is 0.598. The van der Waals surface area contributed by atoms with Gasteiger partial charge < -0.3 is 0 Å². The van der Waals surface area contributed by atoms with Crippen molar-refractivity contribution in [3.05, 3.63) is 24.9 Å². The molecule has 11 heavy (non-hydrogen) atoms. The first-order chi connectivity index (χ1) is 5.33. The molecule has 58 valence electrons. The normalized spacial score (nSPS) is 9.18. The van der Waals surface area contributed by atoms with Gasteiger partial charge in [-0.25, -0.2) is 0 Å². The second kappa shape index (κ2) is 4.11. The summed E-state index contributed by atoms with van der Waals surface area (Å²) in [5.41, 5.74) is 0. The third kappa shape index (κ3) is 2.70. The molecule has 0 atom stereocenters. The summed E-state index contributed by atoms with van der Waals surface area (Å²) in [5, 5.41) is 2.98. The van der Waals surface area contributed by atoms with E-state index in [-0.39, 0.29) is 0 Å². The molecule has 0 aliphatic rings. The van der Waals surface area contributed by atoms with Gasteiger partial charge in [-0.15, -0.1) is 0 Å². The van der Waals surface area contributed by atoms with Crippen molar-refractivity contribution in [2.24, 2.45) is 0 Å². The molecule has 1 aromatic heterocycles. The molecule has 3 nitrogen and oxygen atoms in total. The van der Waals surface area contributed by atoms with Crippen LogP contribution in [-0.2, 0) is 0 Å². The van der Waals surface area contributed by atoms with E-state index < -0.39 is 0 Å². The fraction of sp³-hybridized carbons (Fsp3) is 0.143. The van der Waals surface area contributed by atoms with Crippen LogP contribution >= 0.6 is 0 Å². The van der Waals surface area contributed by atoms with Gasteiger partial charge in [-0.2, -0.15) is 0 Å². The molecule has 0 aliphatic heterocycles. The molecule has 0 bridgehead atoms. The topological polar surface area (TPSA) is 37.8 Å². The molecule has 0 aromatic carbocycles. The van der Waals surface area contributed by atoms with Crippen molar-refractivity contribution in [2.45, 2.75) is 0 Å². The van der Waals surface area contributed by atoms with Crippen molar-refractivity contribution in [1.29, 1.82) is 0 Å². The van der Waals surface area contributed by atoms with Crippen LogP contribution in [0.3, 0.4) is 0 Å². The van der Waals surface area contributed by atoms with Gasteiger partial charge in [0.05, 0.1) is 0 Å². The molecule has 0 spiro atoms. The first kappa shape index (κ1) is 8.24. The van der Waals surface area contributed by atoms with Gasteiger partial charge in [-0.3, -0.25) is 0 Å². The molecule has 1 N–H and O–H groups in total. The Bertz CT molecular complexity index is 249. The van der Waals surface area contributed by atoms with Crippen molar-refractivity contribution in [3.63, 3.8) is 0 Å². The van der Waals surface area contributed by atoms with Gasteiger partial charge in [-0.1, -0.05) is 0 Å². The number of anilines is 1. The first-order valence-corrected chi connectivity index (χ1v) is 4.13. The summed E-state index contributed by atoms with van der Waals surface area (Å²) >= 11 is 2.37. The van der Waals surface area contributed by atoms with Crippen molar-refractivity contribution in [1.82, 2.24) is 9.97 Å². The fourth-order valence-corrected chi connectivity index (χ4v) is 0.936. The van der Waals surface area contributed by atoms with E-state index in [0.717, 1.165) is 4.59 Å². The van der Waals surface area contributed by atoms with Crippen LogP contribution in [0.4, 0.5) is 5.95 Å². The minimum absolute atomic E-state index is 0.642. The van der Waals surface area contributed by atoms with Crippen LogP contribution < -0.4 is 9.91 Å². The first-order valence-electron chi connectivity index (χ1n) is 3.19. The second-order valence-corrected chi connectivity index (χ2v) is 2.87. The minimum atomic E-state index is 0.642. The van der Waals surface area contributed by atoms with E-state index in [4.69, 9.17) is 0 Å². The molecule has 0 aliphatic carbocycles. The van der Waals surface area contributed by atoms with Crippen LogP contribution in [0, 0.1) is 0 Å². The zero-order valence-electron chi connectivity index (χ0n) is 5.99. The van der Waals surface area contributed by atoms with Gasteiger partial charge in [0.2, 0.25) is 0 Å². The Labute approximate surface area is 73.8 Å². The van der Waals surface area contributed by atoms with Crippen molar-refractivity contribution < 1.29 is 0 Å². The van der Waals surface area contributed by atoms with Crippen molar-refractivity contribution in [3.8, 4) is 0 Å². The molecule has 4 heteroatoms. The summed E-state index contributed by atoms with van der Waals surface area (Å²) in [6, 6.07) is 1.83. The molecular formula is C7H9N3Se. The van der Waals surface area contributed by atoms with Crippen LogP contribution in [0.25, 0.3) is 0 Å². The van der Waals surface area contributed by atoms with Crippen molar-refractivity contribution in [2.75, 3.05) is 11.9 Å². The Balaban J connectivity index is 2.63. The van der Waals surface area contributed by atoms with Crippen LogP contribution in [0.1, 0.15) is 0 Å². The standard InChI is InChI=1S/C7H9N3Se/c1-2-4-8-7-9-5-3-6(11)10-7/h2-3,5H,1,4H2,(H2,8,9,10,11). The molecule has 0 saturated heterocycles. The molecule has 0 amide bonds. The van der Waals surface area contributed by atoms with E-state index in [0.29, 0.717) is 12.5 Å². The maximum absolute atomic E-state index is 4.11. The SMILES string of the molecule is C=CCNc1nccc([SeH])n1. The Morgan fingerprint density at radius 1 is 1.73 bits per heavy atom. The zero-order valence-corrected chi connectivity index (χ0v) is 7.86. The number of nitrogens with zero attached hydrogens (tertiary/aromatic N) is 2. The third-order valence-corrected chi connectivity index (χ3v) is 1.57. The molecular weight excluding hydrogens is 205 g/mol. The number of hydrogen-bond donors (Lipinski definition) is 1. The van der Waals surface area contributed by atoms with Gasteiger partial charge >= 0.3 is 73.3 Å². The van der Waals surface area contributed by atoms with Crippen LogP contribution in [0.15, 0.2) is 24.9 Å².